The van der Waals surface area contributed by atoms with Crippen LogP contribution in [0.1, 0.15) is 11.6 Å². The van der Waals surface area contributed by atoms with Crippen LogP contribution in [-0.2, 0) is 10.8 Å². The number of non-ortho nitro benzene ring substituents is 1. The maximum Gasteiger partial charge on any atom is 0.319 e. The van der Waals surface area contributed by atoms with E-state index in [9.17, 15) is 19.1 Å². The van der Waals surface area contributed by atoms with Crippen molar-refractivity contribution in [2.24, 2.45) is 0 Å². The SMILES string of the molecule is C[S@](=O)C[C@@H](NC(=O)Nc1ccc([N+](=O)[O-])cc1)c1ccccc1. The Morgan fingerprint density at radius 2 is 1.79 bits per heavy atom. The summed E-state index contributed by atoms with van der Waals surface area (Å²) >= 11 is 0. The number of rotatable bonds is 6. The van der Waals surface area contributed by atoms with E-state index < -0.39 is 27.8 Å². The number of anilines is 1. The van der Waals surface area contributed by atoms with E-state index in [1.54, 1.807) is 6.26 Å². The highest BCUT2D eigenvalue weighted by Gasteiger charge is 2.16. The first kappa shape index (κ1) is 17.6. The first-order valence-corrected chi connectivity index (χ1v) is 8.85. The van der Waals surface area contributed by atoms with Crippen LogP contribution in [0, 0.1) is 10.1 Å². The zero-order valence-corrected chi connectivity index (χ0v) is 13.8. The Kier molecular flexibility index (Phi) is 6.02. The second-order valence-electron chi connectivity index (χ2n) is 5.11. The third kappa shape index (κ3) is 5.17. The van der Waals surface area contributed by atoms with E-state index in [0.717, 1.165) is 5.56 Å². The number of nitrogens with one attached hydrogen (secondary N) is 2. The minimum atomic E-state index is -1.08. The lowest BCUT2D eigenvalue weighted by Crippen LogP contribution is -2.35. The van der Waals surface area contributed by atoms with Crippen LogP contribution in [-0.4, -0.2) is 27.2 Å². The molecule has 0 fully saturated rings. The van der Waals surface area contributed by atoms with Gasteiger partial charge in [0.25, 0.3) is 5.69 Å². The number of amides is 2. The molecule has 0 heterocycles. The second-order valence-corrected chi connectivity index (χ2v) is 6.59. The molecule has 0 saturated carbocycles. The Labute approximate surface area is 141 Å². The number of hydrogen-bond acceptors (Lipinski definition) is 4. The highest BCUT2D eigenvalue weighted by molar-refractivity contribution is 7.84. The van der Waals surface area contributed by atoms with Crippen LogP contribution >= 0.6 is 0 Å². The van der Waals surface area contributed by atoms with Gasteiger partial charge in [-0.2, -0.15) is 0 Å². The normalized spacial score (nSPS) is 12.9. The van der Waals surface area contributed by atoms with Gasteiger partial charge in [-0.05, 0) is 17.7 Å². The standard InChI is InChI=1S/C16H17N3O4S/c1-24(23)11-15(12-5-3-2-4-6-12)18-16(20)17-13-7-9-14(10-8-13)19(21)22/h2-10,15H,11H2,1H3,(H2,17,18,20)/t15-,24+/m1/s1. The number of hydrogen-bond donors (Lipinski definition) is 2. The van der Waals surface area contributed by atoms with Crippen molar-refractivity contribution in [2.75, 3.05) is 17.3 Å². The monoisotopic (exact) mass is 347 g/mol. The molecule has 0 bridgehead atoms. The number of carbonyl (C=O) groups excluding carboxylic acids is 1. The average molecular weight is 347 g/mol. The summed E-state index contributed by atoms with van der Waals surface area (Å²) in [5, 5.41) is 16.0. The molecule has 8 heteroatoms. The molecule has 0 saturated heterocycles. The summed E-state index contributed by atoms with van der Waals surface area (Å²) in [6.07, 6.45) is 1.58. The Morgan fingerprint density at radius 3 is 2.33 bits per heavy atom. The van der Waals surface area contributed by atoms with Gasteiger partial charge < -0.3 is 10.6 Å². The largest absolute Gasteiger partial charge is 0.330 e. The number of urea groups is 1. The Hall–Kier alpha value is -2.74. The number of benzene rings is 2. The molecule has 0 aliphatic carbocycles. The maximum atomic E-state index is 12.1. The van der Waals surface area contributed by atoms with Gasteiger partial charge in [-0.1, -0.05) is 30.3 Å². The summed E-state index contributed by atoms with van der Waals surface area (Å²) in [4.78, 5) is 22.2. The van der Waals surface area contributed by atoms with Crippen molar-refractivity contribution in [3.63, 3.8) is 0 Å². The second kappa shape index (κ2) is 8.21. The van der Waals surface area contributed by atoms with Crippen molar-refractivity contribution in [1.29, 1.82) is 0 Å². The predicted octanol–water partition coefficient (Wildman–Crippen LogP) is 2.84. The van der Waals surface area contributed by atoms with Gasteiger partial charge in [0.15, 0.2) is 0 Å². The molecule has 2 aromatic rings. The number of carbonyl (C=O) groups is 1. The number of nitrogens with zero attached hydrogens (tertiary/aromatic N) is 1. The summed E-state index contributed by atoms with van der Waals surface area (Å²) < 4.78 is 11.5. The van der Waals surface area contributed by atoms with Gasteiger partial charge in [-0.25, -0.2) is 4.79 Å². The Bertz CT molecular complexity index is 735. The van der Waals surface area contributed by atoms with Crippen molar-refractivity contribution >= 4 is 28.2 Å². The summed E-state index contributed by atoms with van der Waals surface area (Å²) in [5.41, 5.74) is 1.23. The first-order valence-electron chi connectivity index (χ1n) is 7.12. The lowest BCUT2D eigenvalue weighted by Gasteiger charge is -2.18. The van der Waals surface area contributed by atoms with Gasteiger partial charge in [0.2, 0.25) is 0 Å². The average Bonchev–Trinajstić information content (AvgIpc) is 2.55. The van der Waals surface area contributed by atoms with Crippen LogP contribution in [0.15, 0.2) is 54.6 Å². The summed E-state index contributed by atoms with van der Waals surface area (Å²) in [5.74, 6) is 0.289. The molecule has 0 unspecified atom stereocenters. The van der Waals surface area contributed by atoms with Gasteiger partial charge >= 0.3 is 6.03 Å². The quantitative estimate of drug-likeness (QED) is 0.619. The molecule has 2 N–H and O–H groups in total. The van der Waals surface area contributed by atoms with Crippen LogP contribution in [0.25, 0.3) is 0 Å². The highest BCUT2D eigenvalue weighted by atomic mass is 32.2. The molecule has 0 aliphatic heterocycles. The molecule has 2 atom stereocenters. The number of nitro benzene ring substituents is 1. The van der Waals surface area contributed by atoms with Crippen LogP contribution < -0.4 is 10.6 Å². The van der Waals surface area contributed by atoms with Gasteiger partial charge in [0, 0.05) is 40.6 Å². The number of nitro groups is 1. The lowest BCUT2D eigenvalue weighted by molar-refractivity contribution is -0.384. The van der Waals surface area contributed by atoms with Crippen LogP contribution in [0.4, 0.5) is 16.2 Å². The molecule has 126 valence electrons. The first-order chi connectivity index (χ1) is 11.5. The molecule has 0 spiro atoms. The zero-order valence-electron chi connectivity index (χ0n) is 13.0. The van der Waals surface area contributed by atoms with E-state index in [2.05, 4.69) is 10.6 Å². The zero-order chi connectivity index (χ0) is 17.5. The van der Waals surface area contributed by atoms with E-state index in [1.165, 1.54) is 24.3 Å². The maximum absolute atomic E-state index is 12.1. The van der Waals surface area contributed by atoms with E-state index in [1.807, 2.05) is 30.3 Å². The fourth-order valence-electron chi connectivity index (χ4n) is 2.13. The molecule has 2 amide bonds. The van der Waals surface area contributed by atoms with Crippen LogP contribution in [0.5, 0.6) is 0 Å². The van der Waals surface area contributed by atoms with Crippen LogP contribution in [0.3, 0.4) is 0 Å². The molecule has 2 aromatic carbocycles. The molecule has 0 aromatic heterocycles. The molecular formula is C16H17N3O4S. The molecule has 0 radical (unpaired) electrons. The van der Waals surface area contributed by atoms with E-state index in [-0.39, 0.29) is 11.4 Å². The smallest absolute Gasteiger partial charge is 0.319 e. The van der Waals surface area contributed by atoms with Crippen molar-refractivity contribution < 1.29 is 13.9 Å². The lowest BCUT2D eigenvalue weighted by atomic mass is 10.1. The van der Waals surface area contributed by atoms with Gasteiger partial charge in [-0.15, -0.1) is 0 Å². The van der Waals surface area contributed by atoms with Crippen molar-refractivity contribution in [1.82, 2.24) is 5.32 Å². The topological polar surface area (TPSA) is 101 Å². The van der Waals surface area contributed by atoms with Gasteiger partial charge in [-0.3, -0.25) is 14.3 Å². The molecule has 0 aliphatic rings. The summed E-state index contributed by atoms with van der Waals surface area (Å²) in [7, 11) is -1.08. The van der Waals surface area contributed by atoms with E-state index in [4.69, 9.17) is 0 Å². The van der Waals surface area contributed by atoms with Gasteiger partial charge in [0.05, 0.1) is 11.0 Å². The molecule has 2 rings (SSSR count). The van der Waals surface area contributed by atoms with Crippen molar-refractivity contribution in [3.05, 3.63) is 70.3 Å². The third-order valence-corrected chi connectivity index (χ3v) is 4.05. The predicted molar refractivity (Wildman–Crippen MR) is 93.4 cm³/mol. The van der Waals surface area contributed by atoms with E-state index in [0.29, 0.717) is 5.69 Å². The minimum Gasteiger partial charge on any atom is -0.330 e. The Balaban J connectivity index is 2.04. The van der Waals surface area contributed by atoms with Crippen molar-refractivity contribution in [2.45, 2.75) is 6.04 Å². The van der Waals surface area contributed by atoms with E-state index >= 15 is 0 Å². The van der Waals surface area contributed by atoms with Gasteiger partial charge in [0.1, 0.15) is 0 Å². The fraction of sp³-hybridized carbons (Fsp3) is 0.188. The minimum absolute atomic E-state index is 0.0514. The Morgan fingerprint density at radius 1 is 1.17 bits per heavy atom. The molecular weight excluding hydrogens is 330 g/mol. The summed E-state index contributed by atoms with van der Waals surface area (Å²) in [6.45, 7) is 0. The highest BCUT2D eigenvalue weighted by Crippen LogP contribution is 2.17. The molecule has 7 nitrogen and oxygen atoms in total. The third-order valence-electron chi connectivity index (χ3n) is 3.24. The van der Waals surface area contributed by atoms with Crippen LogP contribution in [0.2, 0.25) is 0 Å². The molecule has 24 heavy (non-hydrogen) atoms. The summed E-state index contributed by atoms with van der Waals surface area (Å²) in [6, 6.07) is 13.9. The van der Waals surface area contributed by atoms with Crippen molar-refractivity contribution in [3.8, 4) is 0 Å². The fourth-order valence-corrected chi connectivity index (χ4v) is 2.88.